The summed E-state index contributed by atoms with van der Waals surface area (Å²) in [6.45, 7) is 4.57. The van der Waals surface area contributed by atoms with Gasteiger partial charge in [0.15, 0.2) is 0 Å². The molecular weight excluding hydrogens is 460 g/mol. The summed E-state index contributed by atoms with van der Waals surface area (Å²) in [5, 5.41) is 22.5. The minimum Gasteiger partial charge on any atom is -0.458 e. The number of non-ortho nitro benzene ring substituents is 2. The average Bonchev–Trinajstić information content (AvgIpc) is 3.25. The second-order valence-electron chi connectivity index (χ2n) is 10.5. The molecule has 3 aliphatic carbocycles. The fourth-order valence-electron chi connectivity index (χ4n) is 8.15. The minimum atomic E-state index is -0.774. The molecule has 36 heavy (non-hydrogen) atoms. The van der Waals surface area contributed by atoms with Crippen LogP contribution in [-0.2, 0) is 15.6 Å². The fraction of sp³-hybridized carbons (Fsp3) is 0.321. The van der Waals surface area contributed by atoms with Crippen LogP contribution < -0.4 is 0 Å². The molecule has 3 fully saturated rings. The van der Waals surface area contributed by atoms with E-state index in [2.05, 4.69) is 50.2 Å². The fourth-order valence-corrected chi connectivity index (χ4v) is 8.15. The van der Waals surface area contributed by atoms with Crippen molar-refractivity contribution in [1.82, 2.24) is 0 Å². The van der Waals surface area contributed by atoms with Gasteiger partial charge in [-0.2, -0.15) is 0 Å². The van der Waals surface area contributed by atoms with Crippen molar-refractivity contribution in [2.24, 2.45) is 17.3 Å². The number of benzene rings is 3. The van der Waals surface area contributed by atoms with Crippen LogP contribution in [0.3, 0.4) is 0 Å². The van der Waals surface area contributed by atoms with Gasteiger partial charge in [-0.1, -0.05) is 74.5 Å². The molecule has 3 saturated carbocycles. The van der Waals surface area contributed by atoms with Gasteiger partial charge in [-0.3, -0.25) is 20.2 Å². The number of nitro groups is 2. The summed E-state index contributed by atoms with van der Waals surface area (Å²) in [6.07, 6.45) is 0.306. The van der Waals surface area contributed by atoms with E-state index in [0.29, 0.717) is 12.3 Å². The lowest BCUT2D eigenvalue weighted by atomic mass is 9.43. The summed E-state index contributed by atoms with van der Waals surface area (Å²) in [4.78, 5) is 34.1. The van der Waals surface area contributed by atoms with Crippen LogP contribution in [0, 0.1) is 37.5 Å². The third-order valence-corrected chi connectivity index (χ3v) is 9.18. The molecule has 0 heterocycles. The highest BCUT2D eigenvalue weighted by molar-refractivity contribution is 5.91. The van der Waals surface area contributed by atoms with Crippen molar-refractivity contribution in [2.75, 3.05) is 0 Å². The molecule has 3 aliphatic rings. The molecular formula is C28H24N2O6. The van der Waals surface area contributed by atoms with E-state index in [1.54, 1.807) is 0 Å². The van der Waals surface area contributed by atoms with Crippen LogP contribution in [0.2, 0.25) is 0 Å². The monoisotopic (exact) mass is 484 g/mol. The molecule has 182 valence electrons. The molecule has 0 spiro atoms. The minimum absolute atomic E-state index is 0.0689. The van der Waals surface area contributed by atoms with Crippen LogP contribution in [0.25, 0.3) is 0 Å². The number of nitrogens with zero attached hydrogens (tertiary/aromatic N) is 2. The number of hydrogen-bond donors (Lipinski definition) is 0. The van der Waals surface area contributed by atoms with Crippen molar-refractivity contribution in [3.63, 3.8) is 0 Å². The molecule has 0 bridgehead atoms. The van der Waals surface area contributed by atoms with Gasteiger partial charge in [0, 0.05) is 28.9 Å². The molecule has 0 saturated heterocycles. The number of fused-ring (bicyclic) bond motifs is 4. The lowest BCUT2D eigenvalue weighted by molar-refractivity contribution is -0.394. The topological polar surface area (TPSA) is 113 Å². The Hall–Kier alpha value is -4.07. The smallest absolute Gasteiger partial charge is 0.338 e. The van der Waals surface area contributed by atoms with Gasteiger partial charge in [0.05, 0.1) is 21.5 Å². The Labute approximate surface area is 207 Å². The number of nitro benzene ring substituents is 2. The van der Waals surface area contributed by atoms with Crippen LogP contribution in [0.5, 0.6) is 0 Å². The molecule has 0 N–H and O–H groups in total. The van der Waals surface area contributed by atoms with Crippen LogP contribution in [0.1, 0.15) is 41.8 Å². The van der Waals surface area contributed by atoms with Gasteiger partial charge in [0.1, 0.15) is 6.10 Å². The maximum atomic E-state index is 13.1. The summed E-state index contributed by atoms with van der Waals surface area (Å²) in [5.74, 6) is -0.357. The lowest BCUT2D eigenvalue weighted by Gasteiger charge is -2.62. The molecule has 3 aromatic carbocycles. The molecule has 3 aromatic rings. The van der Waals surface area contributed by atoms with Gasteiger partial charge in [0.25, 0.3) is 11.4 Å². The maximum absolute atomic E-state index is 13.1. The van der Waals surface area contributed by atoms with E-state index in [1.807, 2.05) is 24.3 Å². The second kappa shape index (κ2) is 7.22. The Kier molecular flexibility index (Phi) is 4.49. The first-order valence-electron chi connectivity index (χ1n) is 11.9. The van der Waals surface area contributed by atoms with E-state index < -0.39 is 27.2 Å². The Morgan fingerprint density at radius 2 is 1.33 bits per heavy atom. The zero-order valence-electron chi connectivity index (χ0n) is 19.8. The summed E-state index contributed by atoms with van der Waals surface area (Å²) in [5.41, 5.74) is 0.926. The summed E-state index contributed by atoms with van der Waals surface area (Å²) in [7, 11) is 0. The van der Waals surface area contributed by atoms with E-state index in [1.165, 1.54) is 11.1 Å². The van der Waals surface area contributed by atoms with Gasteiger partial charge in [-0.15, -0.1) is 0 Å². The van der Waals surface area contributed by atoms with Gasteiger partial charge < -0.3 is 4.74 Å². The predicted octanol–water partition coefficient (Wildman–Crippen LogP) is 5.59. The van der Waals surface area contributed by atoms with Crippen LogP contribution in [0.15, 0.2) is 78.9 Å². The van der Waals surface area contributed by atoms with Crippen LogP contribution in [0.4, 0.5) is 11.4 Å². The van der Waals surface area contributed by atoms with Crippen molar-refractivity contribution in [3.8, 4) is 0 Å². The molecule has 6 rings (SSSR count). The summed E-state index contributed by atoms with van der Waals surface area (Å²) >= 11 is 0. The first-order valence-corrected chi connectivity index (χ1v) is 11.9. The second-order valence-corrected chi connectivity index (χ2v) is 10.5. The van der Waals surface area contributed by atoms with Crippen molar-refractivity contribution in [1.29, 1.82) is 0 Å². The van der Waals surface area contributed by atoms with E-state index in [-0.39, 0.29) is 33.8 Å². The first-order chi connectivity index (χ1) is 17.2. The normalized spacial score (nSPS) is 30.6. The first kappa shape index (κ1) is 22.4. The van der Waals surface area contributed by atoms with Gasteiger partial charge >= 0.3 is 5.97 Å². The van der Waals surface area contributed by atoms with Crippen molar-refractivity contribution in [2.45, 2.75) is 37.2 Å². The van der Waals surface area contributed by atoms with Crippen molar-refractivity contribution in [3.05, 3.63) is 116 Å². The van der Waals surface area contributed by atoms with E-state index >= 15 is 0 Å². The number of hydrogen-bond acceptors (Lipinski definition) is 6. The van der Waals surface area contributed by atoms with E-state index in [9.17, 15) is 25.0 Å². The highest BCUT2D eigenvalue weighted by Crippen LogP contribution is 2.96. The third-order valence-electron chi connectivity index (χ3n) is 9.18. The maximum Gasteiger partial charge on any atom is 0.338 e. The van der Waals surface area contributed by atoms with E-state index in [0.717, 1.165) is 18.2 Å². The number of ether oxygens (including phenoxy) is 1. The Bertz CT molecular complexity index is 1390. The standard InChI is InChI=1S/C28H24N2O6/c1-26(2)27(18-9-5-3-6-10-18)22-16-23(24(22)28(26,27)19-11-7-4-8-12-19)36-25(31)17-13-20(29(32)33)15-21(14-17)30(34)35/h3-15,22-24H,16H2,1-2H3/t22-,23+,24+,27+,28-/m1/s1. The molecule has 8 nitrogen and oxygen atoms in total. The predicted molar refractivity (Wildman–Crippen MR) is 131 cm³/mol. The number of rotatable bonds is 6. The van der Waals surface area contributed by atoms with Gasteiger partial charge in [0.2, 0.25) is 0 Å². The molecule has 0 aliphatic heterocycles. The third kappa shape index (κ3) is 2.46. The Morgan fingerprint density at radius 3 is 1.83 bits per heavy atom. The Balaban J connectivity index is 1.36. The summed E-state index contributed by atoms with van der Waals surface area (Å²) < 4.78 is 5.91. The van der Waals surface area contributed by atoms with Crippen molar-refractivity contribution >= 4 is 17.3 Å². The molecule has 0 unspecified atom stereocenters. The van der Waals surface area contributed by atoms with Crippen molar-refractivity contribution < 1.29 is 19.4 Å². The molecule has 0 aromatic heterocycles. The zero-order chi connectivity index (χ0) is 25.5. The quantitative estimate of drug-likeness (QED) is 0.256. The summed E-state index contributed by atoms with van der Waals surface area (Å²) in [6, 6.07) is 23.8. The van der Waals surface area contributed by atoms with Crippen LogP contribution >= 0.6 is 0 Å². The van der Waals surface area contributed by atoms with Gasteiger partial charge in [-0.25, -0.2) is 4.79 Å². The molecule has 0 amide bonds. The lowest BCUT2D eigenvalue weighted by Crippen LogP contribution is -2.65. The Morgan fingerprint density at radius 1 is 0.833 bits per heavy atom. The van der Waals surface area contributed by atoms with Crippen LogP contribution in [-0.4, -0.2) is 21.9 Å². The van der Waals surface area contributed by atoms with Gasteiger partial charge in [-0.05, 0) is 28.9 Å². The molecule has 5 atom stereocenters. The molecule has 8 heteroatoms. The number of esters is 1. The molecule has 0 radical (unpaired) electrons. The highest BCUT2D eigenvalue weighted by Gasteiger charge is 2.99. The average molecular weight is 485 g/mol. The zero-order valence-corrected chi connectivity index (χ0v) is 19.8. The number of carbonyl (C=O) groups is 1. The SMILES string of the molecule is CC1(C)[C@]2(c3ccccc3)[C@@H]3C[C@H](OC(=O)c4cc([N+](=O)[O-])cc([N+](=O)[O-])c4)[C@H]3[C@]12c1ccccc1. The highest BCUT2D eigenvalue weighted by atomic mass is 16.6. The van der Waals surface area contributed by atoms with E-state index in [4.69, 9.17) is 4.74 Å². The number of carbonyl (C=O) groups excluding carboxylic acids is 1. The largest absolute Gasteiger partial charge is 0.458 e.